The maximum atomic E-state index is 12.7. The summed E-state index contributed by atoms with van der Waals surface area (Å²) >= 11 is 0. The summed E-state index contributed by atoms with van der Waals surface area (Å²) in [6.07, 6.45) is 6.74. The number of nitriles is 1. The maximum Gasteiger partial charge on any atom is 0.173 e. The molecule has 1 unspecified atom stereocenters. The van der Waals surface area contributed by atoms with E-state index in [4.69, 9.17) is 9.47 Å². The highest BCUT2D eigenvalue weighted by atomic mass is 16.5. The van der Waals surface area contributed by atoms with Gasteiger partial charge in [0.1, 0.15) is 11.5 Å². The van der Waals surface area contributed by atoms with Crippen LogP contribution in [0.15, 0.2) is 66.0 Å². The summed E-state index contributed by atoms with van der Waals surface area (Å²) in [6.45, 7) is 3.25. The summed E-state index contributed by atoms with van der Waals surface area (Å²) in [4.78, 5) is 4.25. The van der Waals surface area contributed by atoms with Gasteiger partial charge in [-0.3, -0.25) is 4.98 Å². The zero-order chi connectivity index (χ0) is 23.9. The Hall–Kier alpha value is -3.18. The third-order valence-electron chi connectivity index (χ3n) is 7.57. The van der Waals surface area contributed by atoms with Crippen LogP contribution in [0.5, 0.6) is 11.5 Å². The number of benzene rings is 1. The summed E-state index contributed by atoms with van der Waals surface area (Å²) in [5.74, 6) is 0.0648. The number of hydrogen-bond donors (Lipinski definition) is 3. The Kier molecular flexibility index (Phi) is 5.68. The number of pyridine rings is 1. The third kappa shape index (κ3) is 2.96. The molecule has 7 nitrogen and oxygen atoms in total. The van der Waals surface area contributed by atoms with Gasteiger partial charge in [0.05, 0.1) is 37.2 Å². The lowest BCUT2D eigenvalue weighted by Crippen LogP contribution is -2.56. The molecule has 176 valence electrons. The topological polar surface area (TPSA) is 108 Å². The minimum absolute atomic E-state index is 0.347. The van der Waals surface area contributed by atoms with Crippen LogP contribution in [0.2, 0.25) is 0 Å². The lowest BCUT2D eigenvalue weighted by molar-refractivity contribution is -0.133. The highest BCUT2D eigenvalue weighted by Gasteiger charge is 2.77. The summed E-state index contributed by atoms with van der Waals surface area (Å²) in [6, 6.07) is 12.1. The molecule has 0 saturated heterocycles. The largest absolute Gasteiger partial charge is 0.495 e. The molecule has 2 heterocycles. The van der Waals surface area contributed by atoms with Gasteiger partial charge in [0.15, 0.2) is 11.2 Å². The van der Waals surface area contributed by atoms with Gasteiger partial charge in [-0.2, -0.15) is 5.26 Å². The molecule has 3 aliphatic rings. The van der Waals surface area contributed by atoms with E-state index in [2.05, 4.69) is 16.4 Å². The van der Waals surface area contributed by atoms with Crippen LogP contribution in [0.4, 0.5) is 0 Å². The van der Waals surface area contributed by atoms with Gasteiger partial charge in [0.25, 0.3) is 0 Å². The van der Waals surface area contributed by atoms with Crippen molar-refractivity contribution in [2.24, 2.45) is 5.92 Å². The van der Waals surface area contributed by atoms with E-state index in [0.717, 1.165) is 17.7 Å². The first-order valence-electron chi connectivity index (χ1n) is 11.7. The first-order valence-corrected chi connectivity index (χ1v) is 11.7. The van der Waals surface area contributed by atoms with Crippen LogP contribution in [-0.4, -0.2) is 47.1 Å². The summed E-state index contributed by atoms with van der Waals surface area (Å²) in [5, 5.41) is 37.3. The summed E-state index contributed by atoms with van der Waals surface area (Å²) in [5.41, 5.74) is -0.147. The molecular formula is C27H29N3O4. The van der Waals surface area contributed by atoms with Crippen LogP contribution in [0.3, 0.4) is 0 Å². The van der Waals surface area contributed by atoms with E-state index in [9.17, 15) is 15.5 Å². The number of aliphatic hydroxyl groups excluding tert-OH is 1. The number of aliphatic hydroxyl groups is 2. The minimum Gasteiger partial charge on any atom is -0.495 e. The van der Waals surface area contributed by atoms with Crippen molar-refractivity contribution in [3.05, 3.63) is 77.2 Å². The van der Waals surface area contributed by atoms with Gasteiger partial charge in [-0.25, -0.2) is 0 Å². The van der Waals surface area contributed by atoms with Gasteiger partial charge in [-0.05, 0) is 36.6 Å². The number of nitrogens with one attached hydrogen (secondary N) is 1. The SMILES string of the molecule is CCNC[C@@H]1[C@@H](c2ccccc2)C2(C3=CC=C(C#N)CC3)Oc3cncc(OC)c3[C@]2(O)[C@@H]1O. The van der Waals surface area contributed by atoms with Crippen molar-refractivity contribution in [1.82, 2.24) is 10.3 Å². The van der Waals surface area contributed by atoms with Crippen LogP contribution < -0.4 is 14.8 Å². The molecule has 0 amide bonds. The molecule has 1 aromatic carbocycles. The lowest BCUT2D eigenvalue weighted by atomic mass is 9.68. The van der Waals surface area contributed by atoms with E-state index in [1.54, 1.807) is 18.5 Å². The van der Waals surface area contributed by atoms with Crippen LogP contribution in [0.25, 0.3) is 0 Å². The molecule has 1 saturated carbocycles. The molecule has 5 atom stereocenters. The predicted molar refractivity (Wildman–Crippen MR) is 126 cm³/mol. The van der Waals surface area contributed by atoms with E-state index in [1.165, 1.54) is 7.11 Å². The van der Waals surface area contributed by atoms with Gasteiger partial charge < -0.3 is 25.0 Å². The Morgan fingerprint density at radius 3 is 2.68 bits per heavy atom. The van der Waals surface area contributed by atoms with Crippen LogP contribution in [-0.2, 0) is 5.60 Å². The summed E-state index contributed by atoms with van der Waals surface area (Å²) in [7, 11) is 1.52. The fraction of sp³-hybridized carbons (Fsp3) is 0.407. The Bertz CT molecular complexity index is 1190. The molecule has 5 rings (SSSR count). The zero-order valence-corrected chi connectivity index (χ0v) is 19.4. The molecule has 1 fully saturated rings. The number of nitrogens with zero attached hydrogens (tertiary/aromatic N) is 2. The average Bonchev–Trinajstić information content (AvgIpc) is 3.26. The number of ether oxygens (including phenoxy) is 2. The second kappa shape index (κ2) is 8.55. The van der Waals surface area contributed by atoms with Gasteiger partial charge >= 0.3 is 0 Å². The highest BCUT2D eigenvalue weighted by molar-refractivity contribution is 5.61. The Morgan fingerprint density at radius 2 is 2.03 bits per heavy atom. The first kappa shape index (κ1) is 22.6. The normalized spacial score (nSPS) is 31.6. The van der Waals surface area contributed by atoms with Crippen LogP contribution in [0.1, 0.15) is 36.8 Å². The molecule has 1 aliphatic heterocycles. The molecule has 0 spiro atoms. The molecule has 0 radical (unpaired) electrons. The number of rotatable bonds is 6. The van der Waals surface area contributed by atoms with Gasteiger partial charge in [-0.15, -0.1) is 0 Å². The molecule has 34 heavy (non-hydrogen) atoms. The fourth-order valence-electron chi connectivity index (χ4n) is 6.16. The van der Waals surface area contributed by atoms with Gasteiger partial charge in [0.2, 0.25) is 0 Å². The second-order valence-corrected chi connectivity index (χ2v) is 9.12. The molecular weight excluding hydrogens is 430 g/mol. The number of fused-ring (bicyclic) bond motifs is 3. The molecule has 2 aliphatic carbocycles. The van der Waals surface area contributed by atoms with Crippen molar-refractivity contribution in [3.63, 3.8) is 0 Å². The molecule has 1 aromatic heterocycles. The fourth-order valence-corrected chi connectivity index (χ4v) is 6.16. The van der Waals surface area contributed by atoms with Crippen molar-refractivity contribution in [3.8, 4) is 17.6 Å². The van der Waals surface area contributed by atoms with Crippen molar-refractivity contribution < 1.29 is 19.7 Å². The molecule has 3 N–H and O–H groups in total. The van der Waals surface area contributed by atoms with Gasteiger partial charge in [0, 0.05) is 24.0 Å². The lowest BCUT2D eigenvalue weighted by Gasteiger charge is -2.43. The Labute approximate surface area is 199 Å². The molecule has 0 bridgehead atoms. The van der Waals surface area contributed by atoms with Crippen LogP contribution >= 0.6 is 0 Å². The number of allylic oxidation sites excluding steroid dienone is 3. The molecule has 7 heteroatoms. The Balaban J connectivity index is 1.81. The van der Waals surface area contributed by atoms with E-state index in [-0.39, 0.29) is 11.8 Å². The maximum absolute atomic E-state index is 12.7. The standard InChI is InChI=1S/C27H29N3O4/c1-3-29-14-20-23(18-7-5-4-6-8-18)27(19-11-9-17(13-28)10-12-19)26(32,25(20)31)24-21(33-2)15-30-16-22(24)34-27/h4-9,11,15-16,20,23,25,29,31-32H,3,10,12,14H2,1-2H3/t20-,23-,25-,26+,27?/m1/s1. The van der Waals surface area contributed by atoms with Crippen molar-refractivity contribution in [2.75, 3.05) is 20.2 Å². The van der Waals surface area contributed by atoms with E-state index < -0.39 is 17.3 Å². The van der Waals surface area contributed by atoms with E-state index in [0.29, 0.717) is 42.0 Å². The van der Waals surface area contributed by atoms with Crippen molar-refractivity contribution in [1.29, 1.82) is 5.26 Å². The average molecular weight is 460 g/mol. The van der Waals surface area contributed by atoms with E-state index >= 15 is 0 Å². The van der Waals surface area contributed by atoms with Crippen molar-refractivity contribution in [2.45, 2.75) is 43.0 Å². The number of aromatic nitrogens is 1. The van der Waals surface area contributed by atoms with Gasteiger partial charge in [-0.1, -0.05) is 43.3 Å². The quantitative estimate of drug-likeness (QED) is 0.610. The first-order chi connectivity index (χ1) is 16.5. The molecule has 2 aromatic rings. The smallest absolute Gasteiger partial charge is 0.173 e. The van der Waals surface area contributed by atoms with Crippen LogP contribution in [0, 0.1) is 17.2 Å². The van der Waals surface area contributed by atoms with E-state index in [1.807, 2.05) is 43.3 Å². The zero-order valence-electron chi connectivity index (χ0n) is 19.4. The number of methoxy groups -OCH3 is 1. The predicted octanol–water partition coefficient (Wildman–Crippen LogP) is 2.96. The Morgan fingerprint density at radius 1 is 1.24 bits per heavy atom. The monoisotopic (exact) mass is 459 g/mol. The second-order valence-electron chi connectivity index (χ2n) is 9.12. The highest BCUT2D eigenvalue weighted by Crippen LogP contribution is 2.68. The summed E-state index contributed by atoms with van der Waals surface area (Å²) < 4.78 is 12.4. The minimum atomic E-state index is -1.78. The van der Waals surface area contributed by atoms with Crippen molar-refractivity contribution >= 4 is 0 Å². The number of hydrogen-bond acceptors (Lipinski definition) is 7. The third-order valence-corrected chi connectivity index (χ3v) is 7.57.